The Morgan fingerprint density at radius 2 is 0.976 bits per heavy atom. The molecule has 0 heterocycles. The van der Waals surface area contributed by atoms with Gasteiger partial charge in [-0.1, -0.05) is 138 Å². The molecule has 0 radical (unpaired) electrons. The molecule has 1 atom stereocenters. The Labute approximate surface area is 491 Å². The zero-order valence-electron chi connectivity index (χ0n) is 49.6. The van der Waals surface area contributed by atoms with Crippen molar-refractivity contribution in [2.45, 2.75) is 149 Å². The van der Waals surface area contributed by atoms with Crippen LogP contribution in [-0.4, -0.2) is 56.4 Å². The number of nitro benzene ring substituents is 1. The average Bonchev–Trinajstić information content (AvgIpc) is 3.68. The summed E-state index contributed by atoms with van der Waals surface area (Å²) in [5.74, 6) is 0.221. The number of allylic oxidation sites excluding steroid dienone is 2. The van der Waals surface area contributed by atoms with Crippen molar-refractivity contribution in [3.05, 3.63) is 168 Å². The number of carbonyl (C=O) groups excluding carboxylic acids is 2. The summed E-state index contributed by atoms with van der Waals surface area (Å²) in [6.45, 7) is 16.7. The van der Waals surface area contributed by atoms with Crippen LogP contribution >= 0.6 is 0 Å². The van der Waals surface area contributed by atoms with Gasteiger partial charge in [0.15, 0.2) is 11.5 Å². The molecule has 6 aromatic rings. The Hall–Kier alpha value is -8.26. The highest BCUT2D eigenvalue weighted by Crippen LogP contribution is 2.45. The smallest absolute Gasteiger partial charge is 0.343 e. The number of hydrogen-bond donors (Lipinski definition) is 0. The molecule has 0 aliphatic carbocycles. The Balaban J connectivity index is 1.19. The van der Waals surface area contributed by atoms with Crippen molar-refractivity contribution in [3.63, 3.8) is 0 Å². The van der Waals surface area contributed by atoms with Gasteiger partial charge in [0.05, 0.1) is 53.2 Å². The first-order valence-corrected chi connectivity index (χ1v) is 29.5. The summed E-state index contributed by atoms with van der Waals surface area (Å²) in [6.07, 6.45) is 22.5. The SMILES string of the molecule is C=CCCCCCCCCOc1ccc(-c2ccc(C(=O)Oc3cc(N(C)C)c(O[C@@H](C)CCC=C)cc3/N=N/c3cc(OC(=O)c4ccc(-c5ccc(OCCCCCCCCCC)cc5)cc4)c([N+](=O)[O-])cc3OC(C)C)cc2)cc1. The molecule has 440 valence electrons. The van der Waals surface area contributed by atoms with Gasteiger partial charge in [-0.05, 0) is 130 Å². The van der Waals surface area contributed by atoms with Gasteiger partial charge in [0, 0.05) is 32.3 Å². The molecule has 0 aromatic heterocycles. The summed E-state index contributed by atoms with van der Waals surface area (Å²) >= 11 is 0. The van der Waals surface area contributed by atoms with Crippen LogP contribution in [0.3, 0.4) is 0 Å². The minimum Gasteiger partial charge on any atom is -0.494 e. The number of azo groups is 1. The van der Waals surface area contributed by atoms with Crippen molar-refractivity contribution < 1.29 is 42.9 Å². The molecule has 0 aliphatic rings. The molecule has 6 rings (SSSR count). The molecule has 83 heavy (non-hydrogen) atoms. The maximum absolute atomic E-state index is 14.0. The van der Waals surface area contributed by atoms with Crippen molar-refractivity contribution in [1.82, 2.24) is 0 Å². The average molecular weight is 1130 g/mol. The molecule has 6 aromatic carbocycles. The molecule has 14 heteroatoms. The van der Waals surface area contributed by atoms with Crippen molar-refractivity contribution in [2.24, 2.45) is 10.2 Å². The number of esters is 2. The van der Waals surface area contributed by atoms with Gasteiger partial charge in [-0.3, -0.25) is 10.1 Å². The monoisotopic (exact) mass is 1130 g/mol. The molecule has 0 aliphatic heterocycles. The second kappa shape index (κ2) is 34.2. The summed E-state index contributed by atoms with van der Waals surface area (Å²) in [6, 6.07) is 35.2. The molecule has 0 saturated heterocycles. The van der Waals surface area contributed by atoms with Crippen LogP contribution in [0.15, 0.2) is 157 Å². The Morgan fingerprint density at radius 3 is 1.43 bits per heavy atom. The molecule has 0 fully saturated rings. The van der Waals surface area contributed by atoms with Crippen molar-refractivity contribution >= 4 is 34.7 Å². The number of benzene rings is 6. The van der Waals surface area contributed by atoms with E-state index < -0.39 is 28.7 Å². The Kier molecular flexibility index (Phi) is 26.4. The fraction of sp³-hybridized carbons (Fsp3) is 0.391. The van der Waals surface area contributed by atoms with Gasteiger partial charge >= 0.3 is 17.6 Å². The summed E-state index contributed by atoms with van der Waals surface area (Å²) in [5.41, 5.74) is 4.26. The number of ether oxygens (including phenoxy) is 6. The number of carbonyl (C=O) groups is 2. The molecule has 0 unspecified atom stereocenters. The highest BCUT2D eigenvalue weighted by Gasteiger charge is 2.26. The highest BCUT2D eigenvalue weighted by atomic mass is 16.6. The predicted molar refractivity (Wildman–Crippen MR) is 333 cm³/mol. The molecule has 0 spiro atoms. The van der Waals surface area contributed by atoms with Crippen LogP contribution in [0.2, 0.25) is 0 Å². The molecule has 0 bridgehead atoms. The fourth-order valence-electron chi connectivity index (χ4n) is 9.18. The van der Waals surface area contributed by atoms with E-state index in [4.69, 9.17) is 28.4 Å². The minimum atomic E-state index is -0.830. The first kappa shape index (κ1) is 63.9. The van der Waals surface area contributed by atoms with Crippen molar-refractivity contribution in [1.29, 1.82) is 0 Å². The lowest BCUT2D eigenvalue weighted by Crippen LogP contribution is -2.16. The van der Waals surface area contributed by atoms with Gasteiger partial charge in [-0.25, -0.2) is 9.59 Å². The van der Waals surface area contributed by atoms with Crippen molar-refractivity contribution in [3.8, 4) is 56.8 Å². The molecular weight excluding hydrogens is 1040 g/mol. The quantitative estimate of drug-likeness (QED) is 0.00694. The third-order valence-corrected chi connectivity index (χ3v) is 13.9. The third kappa shape index (κ3) is 20.9. The lowest BCUT2D eigenvalue weighted by molar-refractivity contribution is -0.385. The van der Waals surface area contributed by atoms with E-state index in [0.29, 0.717) is 31.1 Å². The normalized spacial score (nSPS) is 11.5. The van der Waals surface area contributed by atoms with E-state index in [2.05, 4.69) is 30.3 Å². The minimum absolute atomic E-state index is 0.000295. The van der Waals surface area contributed by atoms with Gasteiger partial charge in [0.25, 0.3) is 0 Å². The van der Waals surface area contributed by atoms with E-state index in [9.17, 15) is 19.7 Å². The summed E-state index contributed by atoms with van der Waals surface area (Å²) in [5, 5.41) is 21.7. The van der Waals surface area contributed by atoms with Crippen LogP contribution in [0, 0.1) is 10.1 Å². The molecular formula is C69H84N4O10. The van der Waals surface area contributed by atoms with Crippen LogP contribution in [-0.2, 0) is 0 Å². The van der Waals surface area contributed by atoms with E-state index in [1.807, 2.05) is 98.7 Å². The van der Waals surface area contributed by atoms with E-state index in [0.717, 1.165) is 78.3 Å². The van der Waals surface area contributed by atoms with Crippen molar-refractivity contribution in [2.75, 3.05) is 32.2 Å². The highest BCUT2D eigenvalue weighted by molar-refractivity contribution is 5.93. The van der Waals surface area contributed by atoms with Gasteiger partial charge < -0.3 is 33.3 Å². The summed E-state index contributed by atoms with van der Waals surface area (Å²) in [4.78, 5) is 41.6. The van der Waals surface area contributed by atoms with Crippen LogP contribution < -0.4 is 33.3 Å². The third-order valence-electron chi connectivity index (χ3n) is 13.9. The van der Waals surface area contributed by atoms with Crippen LogP contribution in [0.1, 0.15) is 158 Å². The van der Waals surface area contributed by atoms with Gasteiger partial charge in [-0.2, -0.15) is 0 Å². The number of anilines is 1. The first-order valence-electron chi connectivity index (χ1n) is 29.5. The number of hydrogen-bond acceptors (Lipinski definition) is 13. The largest absolute Gasteiger partial charge is 0.494 e. The Morgan fingerprint density at radius 1 is 0.542 bits per heavy atom. The van der Waals surface area contributed by atoms with Gasteiger partial charge in [0.1, 0.15) is 28.6 Å². The summed E-state index contributed by atoms with van der Waals surface area (Å²) in [7, 11) is 3.68. The number of nitro groups is 1. The van der Waals surface area contributed by atoms with Crippen LogP contribution in [0.5, 0.6) is 34.5 Å². The van der Waals surface area contributed by atoms with E-state index in [1.165, 1.54) is 70.3 Å². The standard InChI is InChI=1S/C69H84N4O10/c1-9-12-15-17-19-21-23-25-44-78-58-40-36-54(37-41-58)52-28-32-56(33-29-52)68(74)82-65-48-62(72(7)8)66(81-51(6)27-14-11-3)46-61(65)71-70-60-47-67(63(73(76)77)49-64(60)80-50(4)5)83-69(75)57-34-30-53(31-35-57)55-38-42-59(43-39-55)79-45-26-24-22-20-18-16-13-10-2/h9,11,28-43,46-51H,1,3,10,12-27,44-45H2,2,4-8H3/b71-70+/t51-/m0/s1. The van der Waals surface area contributed by atoms with Gasteiger partial charge in [-0.15, -0.1) is 23.4 Å². The lowest BCUT2D eigenvalue weighted by Gasteiger charge is -2.22. The topological polar surface area (TPSA) is 161 Å². The molecule has 14 nitrogen and oxygen atoms in total. The maximum Gasteiger partial charge on any atom is 0.343 e. The number of nitrogens with zero attached hydrogens (tertiary/aromatic N) is 4. The zero-order valence-corrected chi connectivity index (χ0v) is 49.6. The number of unbranched alkanes of at least 4 members (excludes halogenated alkanes) is 13. The first-order chi connectivity index (χ1) is 40.3. The van der Waals surface area contributed by atoms with Crippen LogP contribution in [0.25, 0.3) is 22.3 Å². The Bertz CT molecular complexity index is 3030. The maximum atomic E-state index is 14.0. The van der Waals surface area contributed by atoms with Gasteiger partial charge in [0.2, 0.25) is 5.75 Å². The van der Waals surface area contributed by atoms with E-state index in [1.54, 1.807) is 62.4 Å². The zero-order chi connectivity index (χ0) is 59.3. The molecule has 0 N–H and O–H groups in total. The van der Waals surface area contributed by atoms with E-state index >= 15 is 0 Å². The fourth-order valence-corrected chi connectivity index (χ4v) is 9.18. The van der Waals surface area contributed by atoms with E-state index in [-0.39, 0.29) is 45.9 Å². The van der Waals surface area contributed by atoms with Crippen LogP contribution in [0.4, 0.5) is 22.7 Å². The second-order valence-electron chi connectivity index (χ2n) is 21.2. The number of rotatable bonds is 37. The molecule has 0 amide bonds. The summed E-state index contributed by atoms with van der Waals surface area (Å²) < 4.78 is 36.4. The lowest BCUT2D eigenvalue weighted by atomic mass is 10.0. The second-order valence-corrected chi connectivity index (χ2v) is 21.2. The molecule has 0 saturated carbocycles. The predicted octanol–water partition coefficient (Wildman–Crippen LogP) is 19.2.